The van der Waals surface area contributed by atoms with E-state index in [-0.39, 0.29) is 21.1 Å². The Labute approximate surface area is 304 Å². The van der Waals surface area contributed by atoms with E-state index in [4.69, 9.17) is 14.8 Å². The minimum absolute atomic E-state index is 0. The standard InChI is InChI=1S/C43H42N4O.Pt/c1-6-8-9-11-14-33-17-20-40-39(26-33)38-19-18-36(28-41(38)46(40)42-23-29(3)21-22-44-42)48-37-25-32(7-2)24-35(27-37)47-31(5)43(30(4)45-47)34-15-12-10-13-16-34;/h10,12-13,15-26H,6-9,11,14H2,1-5H3;/q-2;+2. The van der Waals surface area contributed by atoms with Gasteiger partial charge in [-0.2, -0.15) is 16.7 Å². The van der Waals surface area contributed by atoms with Gasteiger partial charge in [-0.1, -0.05) is 87.5 Å². The number of aryl methyl sites for hydroxylation is 4. The van der Waals surface area contributed by atoms with Crippen molar-refractivity contribution in [3.05, 3.63) is 131 Å². The van der Waals surface area contributed by atoms with Gasteiger partial charge in [-0.15, -0.1) is 35.7 Å². The largest absolute Gasteiger partial charge is 2.00 e. The van der Waals surface area contributed by atoms with Gasteiger partial charge >= 0.3 is 21.1 Å². The second-order valence-electron chi connectivity index (χ2n) is 12.8. The molecule has 0 bridgehead atoms. The third-order valence-electron chi connectivity index (χ3n) is 9.26. The minimum atomic E-state index is 0. The number of unbranched alkanes of at least 4 members (excludes halogenated alkanes) is 3. The first kappa shape index (κ1) is 34.4. The molecule has 0 aliphatic heterocycles. The summed E-state index contributed by atoms with van der Waals surface area (Å²) in [7, 11) is 0. The summed E-state index contributed by atoms with van der Waals surface area (Å²) in [6.45, 7) is 10.7. The van der Waals surface area contributed by atoms with Crippen LogP contribution in [0.25, 0.3) is 44.4 Å². The summed E-state index contributed by atoms with van der Waals surface area (Å²) in [6.07, 6.45) is 8.83. The van der Waals surface area contributed by atoms with E-state index in [0.717, 1.165) is 74.4 Å². The first-order chi connectivity index (χ1) is 23.4. The molecule has 0 fully saturated rings. The molecule has 7 rings (SSSR count). The molecule has 4 aromatic carbocycles. The number of rotatable bonds is 11. The van der Waals surface area contributed by atoms with Crippen LogP contribution in [0.1, 0.15) is 67.6 Å². The quantitative estimate of drug-likeness (QED) is 0.0964. The number of hydrogen-bond donors (Lipinski definition) is 0. The van der Waals surface area contributed by atoms with E-state index in [1.54, 1.807) is 0 Å². The molecule has 6 heteroatoms. The SMILES string of the molecule is CCCCCCc1ccc2c(c1)c1ccc(Oc3[c-]c(-n4nc(C)c(-c5ccccc5)c4C)cc(CC)c3)[c-]c1n2-c1cc(C)ccn1.[Pt+2]. The number of benzene rings is 4. The second-order valence-corrected chi connectivity index (χ2v) is 12.8. The van der Waals surface area contributed by atoms with Gasteiger partial charge in [0.2, 0.25) is 0 Å². The zero-order valence-electron chi connectivity index (χ0n) is 28.9. The average Bonchev–Trinajstić information content (AvgIpc) is 3.58. The van der Waals surface area contributed by atoms with E-state index in [1.807, 2.05) is 29.1 Å². The summed E-state index contributed by atoms with van der Waals surface area (Å²) in [5.41, 5.74) is 11.0. The fraction of sp³-hybridized carbons (Fsp3) is 0.256. The van der Waals surface area contributed by atoms with Gasteiger partial charge in [-0.3, -0.25) is 4.68 Å². The maximum absolute atomic E-state index is 6.58. The Morgan fingerprint density at radius 1 is 0.755 bits per heavy atom. The molecule has 7 aromatic rings. The van der Waals surface area contributed by atoms with Crippen LogP contribution in [0.4, 0.5) is 0 Å². The summed E-state index contributed by atoms with van der Waals surface area (Å²) >= 11 is 0. The third-order valence-corrected chi connectivity index (χ3v) is 9.26. The van der Waals surface area contributed by atoms with E-state index in [2.05, 4.69) is 118 Å². The third kappa shape index (κ3) is 7.00. The molecule has 0 atom stereocenters. The smallest absolute Gasteiger partial charge is 0.509 e. The Hall–Kier alpha value is -4.47. The Bertz CT molecular complexity index is 2230. The van der Waals surface area contributed by atoms with Crippen molar-refractivity contribution in [2.75, 3.05) is 0 Å². The van der Waals surface area contributed by atoms with Gasteiger partial charge in [0.1, 0.15) is 5.82 Å². The molecule has 5 nitrogen and oxygen atoms in total. The molecule has 250 valence electrons. The van der Waals surface area contributed by atoms with E-state index < -0.39 is 0 Å². The number of hydrogen-bond acceptors (Lipinski definition) is 3. The van der Waals surface area contributed by atoms with Crippen LogP contribution >= 0.6 is 0 Å². The fourth-order valence-electron chi connectivity index (χ4n) is 6.80. The van der Waals surface area contributed by atoms with Crippen molar-refractivity contribution >= 4 is 21.8 Å². The molecule has 0 aliphatic carbocycles. The topological polar surface area (TPSA) is 44.9 Å². The van der Waals surface area contributed by atoms with Crippen LogP contribution in [-0.4, -0.2) is 19.3 Å². The molecule has 3 aromatic heterocycles. The van der Waals surface area contributed by atoms with Gasteiger partial charge in [0.25, 0.3) is 0 Å². The van der Waals surface area contributed by atoms with Crippen molar-refractivity contribution in [2.45, 2.75) is 73.1 Å². The Kier molecular flexibility index (Phi) is 10.5. The second kappa shape index (κ2) is 15.0. The van der Waals surface area contributed by atoms with Crippen molar-refractivity contribution in [1.29, 1.82) is 0 Å². The molecular formula is C43H42N4OPt. The summed E-state index contributed by atoms with van der Waals surface area (Å²) in [4.78, 5) is 4.78. The van der Waals surface area contributed by atoms with Gasteiger partial charge in [0.05, 0.1) is 5.69 Å². The van der Waals surface area contributed by atoms with Crippen LogP contribution in [0.5, 0.6) is 11.5 Å². The first-order valence-corrected chi connectivity index (χ1v) is 17.2. The minimum Gasteiger partial charge on any atom is -0.509 e. The summed E-state index contributed by atoms with van der Waals surface area (Å²) < 4.78 is 10.8. The van der Waals surface area contributed by atoms with Gasteiger partial charge < -0.3 is 9.30 Å². The molecule has 0 radical (unpaired) electrons. The number of aromatic nitrogens is 4. The number of ether oxygens (including phenoxy) is 1. The van der Waals surface area contributed by atoms with Crippen LogP contribution in [0.3, 0.4) is 0 Å². The van der Waals surface area contributed by atoms with Crippen molar-refractivity contribution in [2.24, 2.45) is 0 Å². The Morgan fingerprint density at radius 2 is 1.59 bits per heavy atom. The molecular weight excluding hydrogens is 784 g/mol. The summed E-state index contributed by atoms with van der Waals surface area (Å²) in [5.74, 6) is 2.15. The van der Waals surface area contributed by atoms with Crippen LogP contribution in [-0.2, 0) is 33.9 Å². The van der Waals surface area contributed by atoms with E-state index in [1.165, 1.54) is 36.6 Å². The number of fused-ring (bicyclic) bond motifs is 3. The van der Waals surface area contributed by atoms with Crippen molar-refractivity contribution in [3.63, 3.8) is 0 Å². The molecule has 0 aliphatic rings. The maximum atomic E-state index is 6.58. The molecule has 0 saturated heterocycles. The molecule has 0 amide bonds. The maximum Gasteiger partial charge on any atom is 2.00 e. The molecule has 3 heterocycles. The zero-order chi connectivity index (χ0) is 33.2. The van der Waals surface area contributed by atoms with Crippen LogP contribution in [0.2, 0.25) is 0 Å². The van der Waals surface area contributed by atoms with Gasteiger partial charge in [-0.25, -0.2) is 4.98 Å². The monoisotopic (exact) mass is 825 g/mol. The van der Waals surface area contributed by atoms with Gasteiger partial charge in [0.15, 0.2) is 0 Å². The van der Waals surface area contributed by atoms with Gasteiger partial charge in [-0.05, 0) is 79.6 Å². The predicted octanol–water partition coefficient (Wildman–Crippen LogP) is 11.0. The fourth-order valence-corrected chi connectivity index (χ4v) is 6.80. The van der Waals surface area contributed by atoms with E-state index in [0.29, 0.717) is 11.5 Å². The Balaban J connectivity index is 0.00000417. The summed E-state index contributed by atoms with van der Waals surface area (Å²) in [5, 5.41) is 7.30. The summed E-state index contributed by atoms with van der Waals surface area (Å²) in [6, 6.07) is 37.0. The molecule has 49 heavy (non-hydrogen) atoms. The normalized spacial score (nSPS) is 11.3. The number of pyridine rings is 1. The molecule has 0 saturated carbocycles. The average molecular weight is 826 g/mol. The number of nitrogens with zero attached hydrogens (tertiary/aromatic N) is 4. The van der Waals surface area contributed by atoms with Crippen LogP contribution < -0.4 is 4.74 Å². The first-order valence-electron chi connectivity index (χ1n) is 17.2. The Morgan fingerprint density at radius 3 is 2.37 bits per heavy atom. The van der Waals surface area contributed by atoms with E-state index in [9.17, 15) is 0 Å². The molecule has 0 N–H and O–H groups in total. The molecule has 0 spiro atoms. The van der Waals surface area contributed by atoms with Crippen molar-refractivity contribution in [1.82, 2.24) is 19.3 Å². The zero-order valence-corrected chi connectivity index (χ0v) is 31.2. The van der Waals surface area contributed by atoms with Crippen molar-refractivity contribution in [3.8, 4) is 34.1 Å². The predicted molar refractivity (Wildman–Crippen MR) is 197 cm³/mol. The van der Waals surface area contributed by atoms with E-state index >= 15 is 0 Å². The van der Waals surface area contributed by atoms with Gasteiger partial charge in [0, 0.05) is 34.5 Å². The van der Waals surface area contributed by atoms with Crippen LogP contribution in [0, 0.1) is 32.9 Å². The van der Waals surface area contributed by atoms with Crippen LogP contribution in [0.15, 0.2) is 91.1 Å². The van der Waals surface area contributed by atoms with Crippen molar-refractivity contribution < 1.29 is 25.8 Å². The molecule has 0 unspecified atom stereocenters.